The van der Waals surface area contributed by atoms with E-state index in [2.05, 4.69) is 5.32 Å². The first-order valence-corrected chi connectivity index (χ1v) is 9.50. The molecule has 0 aliphatic carbocycles. The molecule has 0 saturated heterocycles. The van der Waals surface area contributed by atoms with Crippen molar-refractivity contribution in [3.63, 3.8) is 0 Å². The number of phenolic OH excluding ortho intramolecular Hbond substituents is 2. The van der Waals surface area contributed by atoms with Gasteiger partial charge in [-0.3, -0.25) is 29.0 Å². The van der Waals surface area contributed by atoms with Crippen molar-refractivity contribution in [1.29, 1.82) is 0 Å². The fourth-order valence-electron chi connectivity index (χ4n) is 2.86. The van der Waals surface area contributed by atoms with Crippen molar-refractivity contribution in [2.75, 3.05) is 39.3 Å². The van der Waals surface area contributed by atoms with Crippen molar-refractivity contribution in [1.82, 2.24) is 15.1 Å². The van der Waals surface area contributed by atoms with Crippen LogP contribution in [0.4, 0.5) is 0 Å². The minimum atomic E-state index is -1.43. The summed E-state index contributed by atoms with van der Waals surface area (Å²) in [6.45, 7) is -2.76. The summed E-state index contributed by atoms with van der Waals surface area (Å²) in [7, 11) is 0. The predicted molar refractivity (Wildman–Crippen MR) is 109 cm³/mol. The van der Waals surface area contributed by atoms with E-state index >= 15 is 0 Å². The second-order valence-corrected chi connectivity index (χ2v) is 7.09. The van der Waals surface area contributed by atoms with Gasteiger partial charge in [0.1, 0.15) is 6.04 Å². The minimum absolute atomic E-state index is 0.172. The normalized spacial score (nSPS) is 11.8. The summed E-state index contributed by atoms with van der Waals surface area (Å²) < 4.78 is 0. The van der Waals surface area contributed by atoms with Crippen molar-refractivity contribution in [2.45, 2.75) is 12.5 Å². The minimum Gasteiger partial charge on any atom is -0.504 e. The number of hydrogen-bond donors (Lipinski definition) is 7. The highest BCUT2D eigenvalue weighted by atomic mass is 16.4. The number of benzene rings is 1. The molecule has 182 valence electrons. The molecule has 0 spiro atoms. The largest absolute Gasteiger partial charge is 0.504 e. The first kappa shape index (κ1) is 27.1. The number of carbonyl (C=O) groups is 5. The molecule has 0 aliphatic rings. The number of aromatic hydroxyl groups is 2. The number of phenols is 2. The van der Waals surface area contributed by atoms with Crippen LogP contribution in [0, 0.1) is 0 Å². The maximum Gasteiger partial charge on any atom is 0.326 e. The van der Waals surface area contributed by atoms with Crippen LogP contribution >= 0.6 is 0 Å². The molecule has 14 nitrogen and oxygen atoms in total. The van der Waals surface area contributed by atoms with Crippen molar-refractivity contribution in [3.05, 3.63) is 23.8 Å². The van der Waals surface area contributed by atoms with E-state index in [-0.39, 0.29) is 19.5 Å². The number of carboxylic acids is 4. The zero-order valence-corrected chi connectivity index (χ0v) is 17.4. The molecule has 0 aliphatic heterocycles. The van der Waals surface area contributed by atoms with E-state index < -0.39 is 73.5 Å². The van der Waals surface area contributed by atoms with E-state index in [1.54, 1.807) is 0 Å². The molecule has 1 amide bonds. The van der Waals surface area contributed by atoms with E-state index in [1.807, 2.05) is 0 Å². The van der Waals surface area contributed by atoms with Crippen LogP contribution in [-0.2, 0) is 30.4 Å². The fraction of sp³-hybridized carbons (Fsp3) is 0.421. The summed E-state index contributed by atoms with van der Waals surface area (Å²) in [5, 5.41) is 57.3. The van der Waals surface area contributed by atoms with Gasteiger partial charge in [0.05, 0.1) is 26.2 Å². The Morgan fingerprint density at radius 3 is 1.67 bits per heavy atom. The van der Waals surface area contributed by atoms with Crippen molar-refractivity contribution < 1.29 is 54.6 Å². The van der Waals surface area contributed by atoms with E-state index in [4.69, 9.17) is 15.3 Å². The Kier molecular flexibility index (Phi) is 10.5. The third-order valence-corrected chi connectivity index (χ3v) is 4.29. The molecule has 0 heterocycles. The molecule has 14 heteroatoms. The predicted octanol–water partition coefficient (Wildman–Crippen LogP) is -1.93. The zero-order valence-electron chi connectivity index (χ0n) is 17.4. The summed E-state index contributed by atoms with van der Waals surface area (Å²) in [5.74, 6) is -6.99. The molecular formula is C19H25N3O11. The number of nitrogens with one attached hydrogen (secondary N) is 1. The fourth-order valence-corrected chi connectivity index (χ4v) is 2.86. The maximum atomic E-state index is 12.4. The van der Waals surface area contributed by atoms with Gasteiger partial charge in [0.25, 0.3) is 0 Å². The third-order valence-electron chi connectivity index (χ3n) is 4.29. The molecule has 0 saturated carbocycles. The summed E-state index contributed by atoms with van der Waals surface area (Å²) in [5.41, 5.74) is 0.304. The molecule has 0 radical (unpaired) electrons. The van der Waals surface area contributed by atoms with Crippen LogP contribution < -0.4 is 5.32 Å². The summed E-state index contributed by atoms with van der Waals surface area (Å²) >= 11 is 0. The van der Waals surface area contributed by atoms with E-state index in [0.717, 1.165) is 21.9 Å². The second kappa shape index (κ2) is 12.8. The highest BCUT2D eigenvalue weighted by Crippen LogP contribution is 2.25. The molecule has 0 fully saturated rings. The van der Waals surface area contributed by atoms with Gasteiger partial charge in [-0.2, -0.15) is 0 Å². The second-order valence-electron chi connectivity index (χ2n) is 7.09. The molecule has 0 aromatic heterocycles. The standard InChI is InChI=1S/C19H25N3O11/c23-13-2-1-11(6-14(13)24)5-12(19(32)33)20-15(25)7-21(8-16(26)27)3-4-22(9-17(28)29)10-18(30)31/h1-2,6,12,23-24H,3-5,7-10H2,(H,20,25)(H,26,27)(H,28,29)(H,30,31)(H,32,33). The lowest BCUT2D eigenvalue weighted by Gasteiger charge is -2.25. The Bertz CT molecular complexity index is 874. The Morgan fingerprint density at radius 2 is 1.24 bits per heavy atom. The molecule has 1 aromatic carbocycles. The van der Waals surface area contributed by atoms with E-state index in [9.17, 15) is 39.3 Å². The van der Waals surface area contributed by atoms with E-state index in [0.29, 0.717) is 5.56 Å². The van der Waals surface area contributed by atoms with Crippen LogP contribution in [-0.4, -0.2) is 116 Å². The van der Waals surface area contributed by atoms with E-state index in [1.165, 1.54) is 6.07 Å². The summed E-state index contributed by atoms with van der Waals surface area (Å²) in [6, 6.07) is 2.21. The van der Waals surface area contributed by atoms with Crippen LogP contribution in [0.1, 0.15) is 5.56 Å². The monoisotopic (exact) mass is 471 g/mol. The Balaban J connectivity index is 2.80. The van der Waals surface area contributed by atoms with Gasteiger partial charge in [0, 0.05) is 19.5 Å². The summed E-state index contributed by atoms with van der Waals surface area (Å²) in [4.78, 5) is 58.9. The Morgan fingerprint density at radius 1 is 0.758 bits per heavy atom. The van der Waals surface area contributed by atoms with Crippen molar-refractivity contribution in [2.24, 2.45) is 0 Å². The molecule has 1 atom stereocenters. The average Bonchev–Trinajstić information content (AvgIpc) is 2.66. The van der Waals surface area contributed by atoms with Crippen LogP contribution in [0.2, 0.25) is 0 Å². The molecular weight excluding hydrogens is 446 g/mol. The van der Waals surface area contributed by atoms with Crippen molar-refractivity contribution >= 4 is 29.8 Å². The number of carboxylic acid groups (broad SMARTS) is 4. The summed E-state index contributed by atoms with van der Waals surface area (Å²) in [6.07, 6.45) is -0.237. The first-order chi connectivity index (χ1) is 15.4. The lowest BCUT2D eigenvalue weighted by atomic mass is 10.1. The molecule has 7 N–H and O–H groups in total. The number of amides is 1. The van der Waals surface area contributed by atoms with Crippen LogP contribution in [0.3, 0.4) is 0 Å². The molecule has 1 rings (SSSR count). The SMILES string of the molecule is O=C(O)CN(CCN(CC(=O)O)CC(=O)NC(Cc1ccc(O)c(O)c1)C(=O)O)CC(=O)O. The van der Waals surface area contributed by atoms with Gasteiger partial charge >= 0.3 is 23.9 Å². The topological polar surface area (TPSA) is 225 Å². The zero-order chi connectivity index (χ0) is 25.1. The number of nitrogens with zero attached hydrogens (tertiary/aromatic N) is 2. The van der Waals surface area contributed by atoms with Gasteiger partial charge in [-0.15, -0.1) is 0 Å². The van der Waals surface area contributed by atoms with Crippen LogP contribution in [0.5, 0.6) is 11.5 Å². The van der Waals surface area contributed by atoms with Gasteiger partial charge in [0.15, 0.2) is 11.5 Å². The van der Waals surface area contributed by atoms with Crippen molar-refractivity contribution in [3.8, 4) is 11.5 Å². The smallest absolute Gasteiger partial charge is 0.326 e. The quantitative estimate of drug-likeness (QED) is 0.138. The number of rotatable bonds is 15. The Hall–Kier alpha value is -3.91. The van der Waals surface area contributed by atoms with Gasteiger partial charge < -0.3 is 36.0 Å². The van der Waals surface area contributed by atoms with Gasteiger partial charge in [-0.25, -0.2) is 4.79 Å². The number of hydrogen-bond acceptors (Lipinski definition) is 9. The maximum absolute atomic E-state index is 12.4. The lowest BCUT2D eigenvalue weighted by Crippen LogP contribution is -2.49. The molecule has 0 bridgehead atoms. The third kappa shape index (κ3) is 10.8. The Labute approximate surface area is 187 Å². The highest BCUT2D eigenvalue weighted by molar-refractivity contribution is 5.85. The highest BCUT2D eigenvalue weighted by Gasteiger charge is 2.23. The first-order valence-electron chi connectivity index (χ1n) is 9.50. The van der Waals surface area contributed by atoms with Crippen LogP contribution in [0.15, 0.2) is 18.2 Å². The van der Waals surface area contributed by atoms with Gasteiger partial charge in [-0.1, -0.05) is 6.07 Å². The van der Waals surface area contributed by atoms with Gasteiger partial charge in [-0.05, 0) is 17.7 Å². The number of carbonyl (C=O) groups excluding carboxylic acids is 1. The molecule has 1 unspecified atom stereocenters. The molecule has 33 heavy (non-hydrogen) atoms. The number of aliphatic carboxylic acids is 4. The molecule has 1 aromatic rings. The lowest BCUT2D eigenvalue weighted by molar-refractivity contribution is -0.144. The van der Waals surface area contributed by atoms with Crippen LogP contribution in [0.25, 0.3) is 0 Å². The van der Waals surface area contributed by atoms with Gasteiger partial charge in [0.2, 0.25) is 5.91 Å². The average molecular weight is 471 g/mol.